The number of anilines is 2. The lowest BCUT2D eigenvalue weighted by atomic mass is 10.1. The van der Waals surface area contributed by atoms with Crippen LogP contribution < -0.4 is 24.4 Å². The third-order valence-corrected chi connectivity index (χ3v) is 4.56. The Morgan fingerprint density at radius 1 is 0.923 bits per heavy atom. The molecule has 0 aliphatic carbocycles. The van der Waals surface area contributed by atoms with E-state index < -0.39 is 0 Å². The van der Waals surface area contributed by atoms with Gasteiger partial charge in [0.25, 0.3) is 5.91 Å². The number of methoxy groups -OCH3 is 3. The van der Waals surface area contributed by atoms with Crippen molar-refractivity contribution >= 4 is 17.3 Å². The number of nitrogens with zero attached hydrogens (tertiary/aromatic N) is 1. The first-order valence-corrected chi connectivity index (χ1v) is 8.63. The van der Waals surface area contributed by atoms with Crippen molar-refractivity contribution in [3.63, 3.8) is 0 Å². The van der Waals surface area contributed by atoms with Gasteiger partial charge >= 0.3 is 0 Å². The van der Waals surface area contributed by atoms with E-state index in [4.69, 9.17) is 14.2 Å². The van der Waals surface area contributed by atoms with Gasteiger partial charge in [0.15, 0.2) is 0 Å². The molecule has 0 unspecified atom stereocenters. The van der Waals surface area contributed by atoms with Crippen molar-refractivity contribution in [1.29, 1.82) is 0 Å². The van der Waals surface area contributed by atoms with Crippen LogP contribution in [0.15, 0.2) is 36.4 Å². The zero-order valence-corrected chi connectivity index (χ0v) is 15.4. The SMILES string of the molecule is COc1ccc(N2CCCC2)cc1NC(=O)c1c(OC)cccc1OC. The van der Waals surface area contributed by atoms with Crippen LogP contribution in [-0.4, -0.2) is 40.3 Å². The van der Waals surface area contributed by atoms with Crippen molar-refractivity contribution in [3.8, 4) is 17.2 Å². The molecule has 138 valence electrons. The van der Waals surface area contributed by atoms with Crippen LogP contribution in [0, 0.1) is 0 Å². The molecule has 2 aromatic rings. The maximum Gasteiger partial charge on any atom is 0.263 e. The lowest BCUT2D eigenvalue weighted by molar-refractivity contribution is 0.102. The van der Waals surface area contributed by atoms with Gasteiger partial charge in [0, 0.05) is 18.8 Å². The highest BCUT2D eigenvalue weighted by atomic mass is 16.5. The van der Waals surface area contributed by atoms with E-state index in [1.165, 1.54) is 27.1 Å². The summed E-state index contributed by atoms with van der Waals surface area (Å²) < 4.78 is 16.1. The molecule has 1 saturated heterocycles. The molecule has 0 atom stereocenters. The zero-order valence-electron chi connectivity index (χ0n) is 15.4. The molecule has 0 bridgehead atoms. The van der Waals surface area contributed by atoms with Gasteiger partial charge in [-0.05, 0) is 43.2 Å². The molecule has 1 amide bonds. The average molecular weight is 356 g/mol. The third kappa shape index (κ3) is 3.54. The molecule has 2 aromatic carbocycles. The molecule has 3 rings (SSSR count). The quantitative estimate of drug-likeness (QED) is 0.857. The number of benzene rings is 2. The second-order valence-electron chi connectivity index (χ2n) is 6.07. The Kier molecular flexibility index (Phi) is 5.51. The molecular formula is C20H24N2O4. The Bertz CT molecular complexity index is 763. The Morgan fingerprint density at radius 3 is 2.12 bits per heavy atom. The first-order chi connectivity index (χ1) is 12.7. The van der Waals surface area contributed by atoms with Gasteiger partial charge in [0.05, 0.1) is 27.0 Å². The molecule has 0 radical (unpaired) electrons. The van der Waals surface area contributed by atoms with E-state index in [0.717, 1.165) is 18.8 Å². The molecule has 1 fully saturated rings. The lowest BCUT2D eigenvalue weighted by Crippen LogP contribution is -2.19. The number of carbonyl (C=O) groups excluding carboxylic acids is 1. The first-order valence-electron chi connectivity index (χ1n) is 8.63. The summed E-state index contributed by atoms with van der Waals surface area (Å²) in [4.78, 5) is 15.2. The van der Waals surface area contributed by atoms with Crippen molar-refractivity contribution in [2.24, 2.45) is 0 Å². The van der Waals surface area contributed by atoms with Gasteiger partial charge in [-0.2, -0.15) is 0 Å². The van der Waals surface area contributed by atoms with E-state index in [0.29, 0.717) is 28.5 Å². The van der Waals surface area contributed by atoms with E-state index in [-0.39, 0.29) is 5.91 Å². The highest BCUT2D eigenvalue weighted by molar-refractivity contribution is 6.09. The number of hydrogen-bond donors (Lipinski definition) is 1. The maximum absolute atomic E-state index is 12.9. The summed E-state index contributed by atoms with van der Waals surface area (Å²) in [5.74, 6) is 1.21. The van der Waals surface area contributed by atoms with E-state index in [1.54, 1.807) is 25.3 Å². The summed E-state index contributed by atoms with van der Waals surface area (Å²) in [5, 5.41) is 2.94. The Morgan fingerprint density at radius 2 is 1.54 bits per heavy atom. The molecule has 6 nitrogen and oxygen atoms in total. The average Bonchev–Trinajstić information content (AvgIpc) is 3.21. The maximum atomic E-state index is 12.9. The fourth-order valence-corrected chi connectivity index (χ4v) is 3.23. The zero-order chi connectivity index (χ0) is 18.5. The van der Waals surface area contributed by atoms with Gasteiger partial charge in [0.2, 0.25) is 0 Å². The van der Waals surface area contributed by atoms with Crippen molar-refractivity contribution in [2.75, 3.05) is 44.6 Å². The van der Waals surface area contributed by atoms with Gasteiger partial charge in [-0.1, -0.05) is 6.07 Å². The Balaban J connectivity index is 1.93. The number of ether oxygens (including phenoxy) is 3. The van der Waals surface area contributed by atoms with Crippen LogP contribution in [0.2, 0.25) is 0 Å². The van der Waals surface area contributed by atoms with Gasteiger partial charge in [0.1, 0.15) is 22.8 Å². The Hall–Kier alpha value is -2.89. The van der Waals surface area contributed by atoms with Crippen molar-refractivity contribution < 1.29 is 19.0 Å². The van der Waals surface area contributed by atoms with Crippen LogP contribution in [0.3, 0.4) is 0 Å². The molecule has 6 heteroatoms. The first kappa shape index (κ1) is 17.9. The topological polar surface area (TPSA) is 60.0 Å². The standard InChI is InChI=1S/C20H24N2O4/c1-24-16-10-9-14(22-11-4-5-12-22)13-15(16)21-20(23)19-17(25-2)7-6-8-18(19)26-3/h6-10,13H,4-5,11-12H2,1-3H3,(H,21,23). The van der Waals surface area contributed by atoms with E-state index >= 15 is 0 Å². The normalized spacial score (nSPS) is 13.4. The van der Waals surface area contributed by atoms with Crippen LogP contribution in [0.5, 0.6) is 17.2 Å². The van der Waals surface area contributed by atoms with E-state index in [1.807, 2.05) is 18.2 Å². The van der Waals surface area contributed by atoms with Crippen molar-refractivity contribution in [2.45, 2.75) is 12.8 Å². The van der Waals surface area contributed by atoms with Crippen LogP contribution in [0.4, 0.5) is 11.4 Å². The largest absolute Gasteiger partial charge is 0.496 e. The minimum atomic E-state index is -0.309. The molecule has 1 aliphatic heterocycles. The fraction of sp³-hybridized carbons (Fsp3) is 0.350. The highest BCUT2D eigenvalue weighted by Gasteiger charge is 2.21. The highest BCUT2D eigenvalue weighted by Crippen LogP contribution is 2.34. The number of rotatable bonds is 6. The van der Waals surface area contributed by atoms with Gasteiger partial charge in [-0.3, -0.25) is 4.79 Å². The summed E-state index contributed by atoms with van der Waals surface area (Å²) in [5.41, 5.74) is 2.05. The molecule has 1 aliphatic rings. The minimum absolute atomic E-state index is 0.309. The fourth-order valence-electron chi connectivity index (χ4n) is 3.23. The second-order valence-corrected chi connectivity index (χ2v) is 6.07. The van der Waals surface area contributed by atoms with Crippen molar-refractivity contribution in [3.05, 3.63) is 42.0 Å². The van der Waals surface area contributed by atoms with Gasteiger partial charge in [-0.15, -0.1) is 0 Å². The van der Waals surface area contributed by atoms with E-state index in [2.05, 4.69) is 10.2 Å². The summed E-state index contributed by atoms with van der Waals surface area (Å²) in [6.45, 7) is 2.06. The molecule has 1 N–H and O–H groups in total. The smallest absolute Gasteiger partial charge is 0.263 e. The summed E-state index contributed by atoms with van der Waals surface area (Å²) in [6, 6.07) is 11.1. The van der Waals surface area contributed by atoms with Crippen LogP contribution in [0.1, 0.15) is 23.2 Å². The summed E-state index contributed by atoms with van der Waals surface area (Å²) in [6.07, 6.45) is 2.37. The monoisotopic (exact) mass is 356 g/mol. The summed E-state index contributed by atoms with van der Waals surface area (Å²) in [7, 11) is 4.64. The number of carbonyl (C=O) groups is 1. The molecule has 26 heavy (non-hydrogen) atoms. The lowest BCUT2D eigenvalue weighted by Gasteiger charge is -2.20. The second kappa shape index (κ2) is 7.99. The third-order valence-electron chi connectivity index (χ3n) is 4.56. The molecule has 0 saturated carbocycles. The molecular weight excluding hydrogens is 332 g/mol. The number of hydrogen-bond acceptors (Lipinski definition) is 5. The number of nitrogens with one attached hydrogen (secondary N) is 1. The van der Waals surface area contributed by atoms with Crippen LogP contribution in [0.25, 0.3) is 0 Å². The molecule has 0 aromatic heterocycles. The van der Waals surface area contributed by atoms with Crippen molar-refractivity contribution in [1.82, 2.24) is 0 Å². The van der Waals surface area contributed by atoms with Crippen LogP contribution >= 0.6 is 0 Å². The van der Waals surface area contributed by atoms with Gasteiger partial charge < -0.3 is 24.4 Å². The van der Waals surface area contributed by atoms with Crippen LogP contribution in [-0.2, 0) is 0 Å². The Labute approximate surface area is 153 Å². The molecule has 1 heterocycles. The molecule has 0 spiro atoms. The van der Waals surface area contributed by atoms with E-state index in [9.17, 15) is 4.79 Å². The predicted molar refractivity (Wildman–Crippen MR) is 102 cm³/mol. The minimum Gasteiger partial charge on any atom is -0.496 e. The number of amides is 1. The van der Waals surface area contributed by atoms with Gasteiger partial charge in [-0.25, -0.2) is 0 Å². The predicted octanol–water partition coefficient (Wildman–Crippen LogP) is 3.56. The summed E-state index contributed by atoms with van der Waals surface area (Å²) >= 11 is 0.